The van der Waals surface area contributed by atoms with Crippen LogP contribution < -0.4 is 0 Å². The first-order chi connectivity index (χ1) is 8.33. The van der Waals surface area contributed by atoms with Crippen LogP contribution >= 0.6 is 0 Å². The molecule has 1 saturated heterocycles. The lowest BCUT2D eigenvalue weighted by molar-refractivity contribution is -0.00546. The second kappa shape index (κ2) is 5.78. The molecular formula is C13H16N2O2. The van der Waals surface area contributed by atoms with Crippen LogP contribution in [-0.4, -0.2) is 42.4 Å². The monoisotopic (exact) mass is 232 g/mol. The van der Waals surface area contributed by atoms with Crippen LogP contribution in [0.3, 0.4) is 0 Å². The van der Waals surface area contributed by atoms with Gasteiger partial charge < -0.3 is 9.84 Å². The van der Waals surface area contributed by atoms with Crippen molar-refractivity contribution >= 4 is 0 Å². The molecule has 4 heteroatoms. The average molecular weight is 232 g/mol. The molecule has 2 atom stereocenters. The third kappa shape index (κ3) is 2.83. The Morgan fingerprint density at radius 1 is 1.24 bits per heavy atom. The summed E-state index contributed by atoms with van der Waals surface area (Å²) in [4.78, 5) is 1.97. The molecule has 1 aromatic rings. The average Bonchev–Trinajstić information content (AvgIpc) is 2.42. The molecule has 1 N–H and O–H groups in total. The minimum absolute atomic E-state index is 0.499. The Labute approximate surface area is 101 Å². The highest BCUT2D eigenvalue weighted by Gasteiger charge is 2.28. The van der Waals surface area contributed by atoms with E-state index < -0.39 is 12.1 Å². The quantitative estimate of drug-likeness (QED) is 0.842. The van der Waals surface area contributed by atoms with Crippen molar-refractivity contribution in [2.45, 2.75) is 12.1 Å². The fraction of sp³-hybridized carbons (Fsp3) is 0.462. The second-order valence-corrected chi connectivity index (χ2v) is 4.08. The first-order valence-corrected chi connectivity index (χ1v) is 5.77. The zero-order valence-electron chi connectivity index (χ0n) is 9.62. The molecule has 0 aliphatic carbocycles. The van der Waals surface area contributed by atoms with Gasteiger partial charge in [0.05, 0.1) is 19.3 Å². The SMILES string of the molecule is N#C[C@@H]([C@@H](O)c1ccccc1)N1CCOCC1. The van der Waals surface area contributed by atoms with Gasteiger partial charge in [-0.25, -0.2) is 0 Å². The topological polar surface area (TPSA) is 56.5 Å². The molecule has 0 unspecified atom stereocenters. The van der Waals surface area contributed by atoms with E-state index in [-0.39, 0.29) is 0 Å². The van der Waals surface area contributed by atoms with E-state index in [1.807, 2.05) is 35.2 Å². The number of nitriles is 1. The summed E-state index contributed by atoms with van der Waals surface area (Å²) in [6.07, 6.45) is -0.765. The van der Waals surface area contributed by atoms with Crippen molar-refractivity contribution in [2.24, 2.45) is 0 Å². The van der Waals surface area contributed by atoms with Gasteiger partial charge in [0.1, 0.15) is 12.1 Å². The molecule has 0 spiro atoms. The van der Waals surface area contributed by atoms with Gasteiger partial charge in [-0.05, 0) is 5.56 Å². The Bertz CT molecular complexity index is 382. The number of ether oxygens (including phenoxy) is 1. The van der Waals surface area contributed by atoms with Gasteiger partial charge >= 0.3 is 0 Å². The van der Waals surface area contributed by atoms with Crippen molar-refractivity contribution in [1.29, 1.82) is 5.26 Å². The number of aliphatic hydroxyl groups is 1. The Hall–Kier alpha value is -1.41. The van der Waals surface area contributed by atoms with Gasteiger partial charge in [-0.2, -0.15) is 5.26 Å². The molecule has 1 aliphatic heterocycles. The molecule has 0 radical (unpaired) electrons. The van der Waals surface area contributed by atoms with Crippen molar-refractivity contribution in [1.82, 2.24) is 4.90 Å². The normalized spacial score (nSPS) is 20.5. The van der Waals surface area contributed by atoms with E-state index in [1.165, 1.54) is 0 Å². The van der Waals surface area contributed by atoms with E-state index in [2.05, 4.69) is 6.07 Å². The zero-order chi connectivity index (χ0) is 12.1. The number of nitrogens with zero attached hydrogens (tertiary/aromatic N) is 2. The van der Waals surface area contributed by atoms with Crippen LogP contribution in [0.1, 0.15) is 11.7 Å². The summed E-state index contributed by atoms with van der Waals surface area (Å²) in [5.41, 5.74) is 0.783. The molecule has 90 valence electrons. The van der Waals surface area contributed by atoms with Gasteiger partial charge in [-0.1, -0.05) is 30.3 Å². The summed E-state index contributed by atoms with van der Waals surface area (Å²) in [6.45, 7) is 2.64. The number of hydrogen-bond donors (Lipinski definition) is 1. The number of benzene rings is 1. The maximum Gasteiger partial charge on any atom is 0.128 e. The summed E-state index contributed by atoms with van der Waals surface area (Å²) < 4.78 is 5.25. The number of hydrogen-bond acceptors (Lipinski definition) is 4. The first kappa shape index (κ1) is 12.1. The van der Waals surface area contributed by atoms with E-state index in [9.17, 15) is 10.4 Å². The first-order valence-electron chi connectivity index (χ1n) is 5.77. The Morgan fingerprint density at radius 2 is 1.88 bits per heavy atom. The second-order valence-electron chi connectivity index (χ2n) is 4.08. The third-order valence-electron chi connectivity index (χ3n) is 3.01. The van der Waals surface area contributed by atoms with Gasteiger partial charge in [0.25, 0.3) is 0 Å². The van der Waals surface area contributed by atoms with E-state index in [1.54, 1.807) is 0 Å². The number of aliphatic hydroxyl groups excluding tert-OH is 1. The van der Waals surface area contributed by atoms with E-state index in [0.717, 1.165) is 5.56 Å². The van der Waals surface area contributed by atoms with Crippen LogP contribution in [0.2, 0.25) is 0 Å². The molecule has 1 heterocycles. The molecule has 1 fully saturated rings. The minimum atomic E-state index is -0.765. The van der Waals surface area contributed by atoms with Gasteiger partial charge in [-0.15, -0.1) is 0 Å². The highest BCUT2D eigenvalue weighted by molar-refractivity contribution is 5.21. The van der Waals surface area contributed by atoms with Crippen LogP contribution in [0.4, 0.5) is 0 Å². The predicted octanol–water partition coefficient (Wildman–Crippen LogP) is 0.944. The minimum Gasteiger partial charge on any atom is -0.386 e. The summed E-state index contributed by atoms with van der Waals surface area (Å²) in [5, 5.41) is 19.4. The van der Waals surface area contributed by atoms with Crippen LogP contribution in [0.25, 0.3) is 0 Å². The van der Waals surface area contributed by atoms with Crippen molar-refractivity contribution < 1.29 is 9.84 Å². The molecule has 0 amide bonds. The molecule has 0 saturated carbocycles. The molecule has 1 aromatic carbocycles. The smallest absolute Gasteiger partial charge is 0.128 e. The fourth-order valence-electron chi connectivity index (χ4n) is 2.04. The Kier molecular flexibility index (Phi) is 4.10. The summed E-state index contributed by atoms with van der Waals surface area (Å²) in [5.74, 6) is 0. The molecule has 17 heavy (non-hydrogen) atoms. The maximum absolute atomic E-state index is 10.2. The molecule has 4 nitrogen and oxygen atoms in total. The molecule has 2 rings (SSSR count). The van der Waals surface area contributed by atoms with Crippen molar-refractivity contribution in [3.63, 3.8) is 0 Å². The lowest BCUT2D eigenvalue weighted by Crippen LogP contribution is -2.45. The molecule has 1 aliphatic rings. The molecule has 0 aromatic heterocycles. The van der Waals surface area contributed by atoms with Crippen LogP contribution in [-0.2, 0) is 4.74 Å². The molecule has 0 bridgehead atoms. The lowest BCUT2D eigenvalue weighted by atomic mass is 10.0. The van der Waals surface area contributed by atoms with Crippen LogP contribution in [0, 0.1) is 11.3 Å². The van der Waals surface area contributed by atoms with E-state index in [4.69, 9.17) is 4.74 Å². The van der Waals surface area contributed by atoms with Crippen molar-refractivity contribution in [2.75, 3.05) is 26.3 Å². The highest BCUT2D eigenvalue weighted by atomic mass is 16.5. The fourth-order valence-corrected chi connectivity index (χ4v) is 2.04. The summed E-state index contributed by atoms with van der Waals surface area (Å²) in [7, 11) is 0. The molecular weight excluding hydrogens is 216 g/mol. The number of morpholine rings is 1. The van der Waals surface area contributed by atoms with E-state index >= 15 is 0 Å². The van der Waals surface area contributed by atoms with Crippen molar-refractivity contribution in [3.05, 3.63) is 35.9 Å². The maximum atomic E-state index is 10.2. The van der Waals surface area contributed by atoms with E-state index in [0.29, 0.717) is 26.3 Å². The van der Waals surface area contributed by atoms with Gasteiger partial charge in [0, 0.05) is 13.1 Å². The lowest BCUT2D eigenvalue weighted by Gasteiger charge is -2.33. The highest BCUT2D eigenvalue weighted by Crippen LogP contribution is 2.21. The largest absolute Gasteiger partial charge is 0.386 e. The van der Waals surface area contributed by atoms with Gasteiger partial charge in [0.2, 0.25) is 0 Å². The third-order valence-corrected chi connectivity index (χ3v) is 3.01. The number of rotatable bonds is 3. The van der Waals surface area contributed by atoms with Gasteiger partial charge in [0.15, 0.2) is 0 Å². The van der Waals surface area contributed by atoms with Crippen LogP contribution in [0.5, 0.6) is 0 Å². The summed E-state index contributed by atoms with van der Waals surface area (Å²) >= 11 is 0. The summed E-state index contributed by atoms with van der Waals surface area (Å²) in [6, 6.07) is 11.0. The van der Waals surface area contributed by atoms with Crippen molar-refractivity contribution in [3.8, 4) is 6.07 Å². The Balaban J connectivity index is 2.10. The standard InChI is InChI=1S/C13H16N2O2/c14-10-12(15-6-8-17-9-7-15)13(16)11-4-2-1-3-5-11/h1-5,12-13,16H,6-9H2/t12-,13-/m0/s1. The van der Waals surface area contributed by atoms with Crippen LogP contribution in [0.15, 0.2) is 30.3 Å². The predicted molar refractivity (Wildman–Crippen MR) is 63.2 cm³/mol. The Morgan fingerprint density at radius 3 is 2.47 bits per heavy atom. The zero-order valence-corrected chi connectivity index (χ0v) is 9.62. The van der Waals surface area contributed by atoms with Gasteiger partial charge in [-0.3, -0.25) is 4.90 Å².